The van der Waals surface area contributed by atoms with Gasteiger partial charge in [-0.3, -0.25) is 9.59 Å². The lowest BCUT2D eigenvalue weighted by molar-refractivity contribution is -0.146. The standard InChI is InChI=1S/C18H31N3O7/c1-10(19-17(27)28-18(3,4)5)15(24)21-8-6-12(7-9-21)14(23)20-13(11(2)22)16(25)26/h10-13,22H,6-9H2,1-5H3,(H,19,27)(H,20,23)(H,25,26)/t10-,11-,13-/m0/s1. The van der Waals surface area contributed by atoms with Gasteiger partial charge in [-0.05, 0) is 47.5 Å². The minimum Gasteiger partial charge on any atom is -0.480 e. The Balaban J connectivity index is 2.52. The fourth-order valence-electron chi connectivity index (χ4n) is 2.84. The van der Waals surface area contributed by atoms with Crippen LogP contribution in [0.3, 0.4) is 0 Å². The second-order valence-corrected chi connectivity index (χ2v) is 8.03. The van der Waals surface area contributed by atoms with Gasteiger partial charge in [-0.2, -0.15) is 0 Å². The van der Waals surface area contributed by atoms with Crippen molar-refractivity contribution in [2.24, 2.45) is 5.92 Å². The number of aliphatic hydroxyl groups is 1. The summed E-state index contributed by atoms with van der Waals surface area (Å²) >= 11 is 0. The van der Waals surface area contributed by atoms with Crippen molar-refractivity contribution in [1.82, 2.24) is 15.5 Å². The van der Waals surface area contributed by atoms with E-state index >= 15 is 0 Å². The molecule has 1 rings (SSSR count). The average Bonchev–Trinajstić information content (AvgIpc) is 2.56. The van der Waals surface area contributed by atoms with E-state index in [4.69, 9.17) is 9.84 Å². The second kappa shape index (κ2) is 9.72. The predicted octanol–water partition coefficient (Wildman–Crippen LogP) is 0.0884. The number of carboxylic acids is 1. The monoisotopic (exact) mass is 401 g/mol. The molecule has 160 valence electrons. The number of ether oxygens (including phenoxy) is 1. The molecule has 1 heterocycles. The molecule has 1 saturated heterocycles. The number of carboxylic acid groups (broad SMARTS) is 1. The first-order valence-electron chi connectivity index (χ1n) is 9.31. The molecular weight excluding hydrogens is 370 g/mol. The molecular formula is C18H31N3O7. The molecule has 0 unspecified atom stereocenters. The number of carbonyl (C=O) groups excluding carboxylic acids is 3. The summed E-state index contributed by atoms with van der Waals surface area (Å²) in [5, 5.41) is 23.3. The van der Waals surface area contributed by atoms with Gasteiger partial charge in [-0.15, -0.1) is 0 Å². The van der Waals surface area contributed by atoms with Gasteiger partial charge in [-0.1, -0.05) is 0 Å². The maximum absolute atomic E-state index is 12.5. The summed E-state index contributed by atoms with van der Waals surface area (Å²) in [6, 6.07) is -2.14. The number of aliphatic carboxylic acids is 1. The summed E-state index contributed by atoms with van der Waals surface area (Å²) in [6.45, 7) is 8.64. The van der Waals surface area contributed by atoms with Gasteiger partial charge in [-0.25, -0.2) is 9.59 Å². The average molecular weight is 401 g/mol. The highest BCUT2D eigenvalue weighted by Crippen LogP contribution is 2.18. The Labute approximate surface area is 164 Å². The minimum absolute atomic E-state index is 0.280. The third-order valence-corrected chi connectivity index (χ3v) is 4.33. The maximum atomic E-state index is 12.5. The summed E-state index contributed by atoms with van der Waals surface area (Å²) in [5.74, 6) is -2.49. The van der Waals surface area contributed by atoms with Gasteiger partial charge in [0.05, 0.1) is 6.10 Å². The van der Waals surface area contributed by atoms with Crippen molar-refractivity contribution in [2.45, 2.75) is 71.2 Å². The number of amides is 3. The zero-order valence-electron chi connectivity index (χ0n) is 17.0. The van der Waals surface area contributed by atoms with E-state index in [9.17, 15) is 24.3 Å². The lowest BCUT2D eigenvalue weighted by atomic mass is 9.95. The van der Waals surface area contributed by atoms with E-state index in [1.54, 1.807) is 32.6 Å². The molecule has 1 aliphatic rings. The van der Waals surface area contributed by atoms with Crippen molar-refractivity contribution in [3.05, 3.63) is 0 Å². The van der Waals surface area contributed by atoms with Gasteiger partial charge < -0.3 is 30.5 Å². The number of alkyl carbamates (subject to hydrolysis) is 1. The fourth-order valence-corrected chi connectivity index (χ4v) is 2.84. The van der Waals surface area contributed by atoms with Crippen molar-refractivity contribution in [2.75, 3.05) is 13.1 Å². The fraction of sp³-hybridized carbons (Fsp3) is 0.778. The van der Waals surface area contributed by atoms with Crippen molar-refractivity contribution < 1.29 is 34.1 Å². The number of rotatable bonds is 6. The number of nitrogens with one attached hydrogen (secondary N) is 2. The molecule has 3 amide bonds. The molecule has 10 heteroatoms. The van der Waals surface area contributed by atoms with E-state index in [0.717, 1.165) is 0 Å². The van der Waals surface area contributed by atoms with Crippen molar-refractivity contribution >= 4 is 23.9 Å². The maximum Gasteiger partial charge on any atom is 0.408 e. The zero-order chi connectivity index (χ0) is 21.6. The van der Waals surface area contributed by atoms with Crippen LogP contribution in [0.2, 0.25) is 0 Å². The molecule has 0 bridgehead atoms. The first-order chi connectivity index (χ1) is 12.8. The van der Waals surface area contributed by atoms with E-state index in [2.05, 4.69) is 10.6 Å². The Morgan fingerprint density at radius 2 is 1.61 bits per heavy atom. The summed E-state index contributed by atoms with van der Waals surface area (Å²) in [7, 11) is 0. The van der Waals surface area contributed by atoms with E-state index in [1.165, 1.54) is 6.92 Å². The summed E-state index contributed by atoms with van der Waals surface area (Å²) in [6.07, 6.45) is -1.17. The molecule has 0 radical (unpaired) electrons. The molecule has 0 aromatic carbocycles. The number of piperidine rings is 1. The summed E-state index contributed by atoms with van der Waals surface area (Å²) in [5.41, 5.74) is -0.668. The molecule has 4 N–H and O–H groups in total. The van der Waals surface area contributed by atoms with Crippen LogP contribution in [0.5, 0.6) is 0 Å². The SMILES string of the molecule is C[C@H](NC(=O)OC(C)(C)C)C(=O)N1CCC(C(=O)N[C@H](C(=O)O)[C@H](C)O)CC1. The second-order valence-electron chi connectivity index (χ2n) is 8.03. The number of likely N-dealkylation sites (tertiary alicyclic amines) is 1. The van der Waals surface area contributed by atoms with Crippen LogP contribution >= 0.6 is 0 Å². The third kappa shape index (κ3) is 7.34. The third-order valence-electron chi connectivity index (χ3n) is 4.33. The van der Waals surface area contributed by atoms with E-state index in [0.29, 0.717) is 25.9 Å². The Morgan fingerprint density at radius 3 is 2.04 bits per heavy atom. The highest BCUT2D eigenvalue weighted by Gasteiger charge is 2.33. The molecule has 0 saturated carbocycles. The van der Waals surface area contributed by atoms with E-state index in [-0.39, 0.29) is 5.91 Å². The molecule has 0 aromatic rings. The van der Waals surface area contributed by atoms with Gasteiger partial charge in [0.25, 0.3) is 0 Å². The van der Waals surface area contributed by atoms with Crippen molar-refractivity contribution in [3.8, 4) is 0 Å². The van der Waals surface area contributed by atoms with Gasteiger partial charge in [0, 0.05) is 19.0 Å². The smallest absolute Gasteiger partial charge is 0.408 e. The van der Waals surface area contributed by atoms with E-state index in [1.807, 2.05) is 0 Å². The summed E-state index contributed by atoms with van der Waals surface area (Å²) in [4.78, 5) is 49.1. The Bertz CT molecular complexity index is 592. The number of nitrogens with zero attached hydrogens (tertiary/aromatic N) is 1. The Morgan fingerprint density at radius 1 is 1.07 bits per heavy atom. The van der Waals surface area contributed by atoms with Gasteiger partial charge in [0.2, 0.25) is 11.8 Å². The first kappa shape index (κ1) is 23.7. The van der Waals surface area contributed by atoms with Crippen LogP contribution in [-0.4, -0.2) is 75.9 Å². The zero-order valence-corrected chi connectivity index (χ0v) is 17.0. The van der Waals surface area contributed by atoms with Crippen LogP contribution in [0.15, 0.2) is 0 Å². The normalized spacial score (nSPS) is 18.6. The lowest BCUT2D eigenvalue weighted by Crippen LogP contribution is -2.53. The molecule has 0 aliphatic carbocycles. The molecule has 0 aromatic heterocycles. The topological polar surface area (TPSA) is 145 Å². The van der Waals surface area contributed by atoms with Crippen LogP contribution in [0, 0.1) is 5.92 Å². The minimum atomic E-state index is -1.37. The largest absolute Gasteiger partial charge is 0.480 e. The summed E-state index contributed by atoms with van der Waals surface area (Å²) < 4.78 is 5.13. The highest BCUT2D eigenvalue weighted by molar-refractivity contribution is 5.87. The molecule has 1 fully saturated rings. The van der Waals surface area contributed by atoms with Crippen LogP contribution in [0.4, 0.5) is 4.79 Å². The van der Waals surface area contributed by atoms with Crippen molar-refractivity contribution in [1.29, 1.82) is 0 Å². The first-order valence-corrected chi connectivity index (χ1v) is 9.31. The number of aliphatic hydroxyl groups excluding tert-OH is 1. The lowest BCUT2D eigenvalue weighted by Gasteiger charge is -2.33. The Hall–Kier alpha value is -2.36. The van der Waals surface area contributed by atoms with Crippen LogP contribution in [0.1, 0.15) is 47.5 Å². The van der Waals surface area contributed by atoms with Crippen LogP contribution in [0.25, 0.3) is 0 Å². The number of hydrogen-bond acceptors (Lipinski definition) is 6. The van der Waals surface area contributed by atoms with Crippen molar-refractivity contribution in [3.63, 3.8) is 0 Å². The van der Waals surface area contributed by atoms with Crippen LogP contribution < -0.4 is 10.6 Å². The highest BCUT2D eigenvalue weighted by atomic mass is 16.6. The predicted molar refractivity (Wildman–Crippen MR) is 99.4 cm³/mol. The molecule has 10 nitrogen and oxygen atoms in total. The number of carbonyl (C=O) groups is 4. The number of hydrogen-bond donors (Lipinski definition) is 4. The molecule has 1 aliphatic heterocycles. The molecule has 0 spiro atoms. The Kier molecular flexibility index (Phi) is 8.22. The van der Waals surface area contributed by atoms with Gasteiger partial charge in [0.1, 0.15) is 11.6 Å². The quantitative estimate of drug-likeness (QED) is 0.493. The van der Waals surface area contributed by atoms with Gasteiger partial charge >= 0.3 is 12.1 Å². The molecule has 28 heavy (non-hydrogen) atoms. The molecule has 3 atom stereocenters. The van der Waals surface area contributed by atoms with E-state index < -0.39 is 47.7 Å². The van der Waals surface area contributed by atoms with Gasteiger partial charge in [0.15, 0.2) is 6.04 Å². The van der Waals surface area contributed by atoms with Crippen LogP contribution in [-0.2, 0) is 19.1 Å².